The Morgan fingerprint density at radius 2 is 1.94 bits per heavy atom. The zero-order chi connectivity index (χ0) is 12.4. The van der Waals surface area contributed by atoms with Gasteiger partial charge in [-0.1, -0.05) is 28.1 Å². The van der Waals surface area contributed by atoms with Gasteiger partial charge in [-0.05, 0) is 31.5 Å². The molecule has 17 heavy (non-hydrogen) atoms. The van der Waals surface area contributed by atoms with Crippen LogP contribution in [0.2, 0.25) is 0 Å². The van der Waals surface area contributed by atoms with Crippen molar-refractivity contribution in [3.8, 4) is 0 Å². The maximum Gasteiger partial charge on any atom is 0.102 e. The molecule has 1 unspecified atom stereocenters. The van der Waals surface area contributed by atoms with Gasteiger partial charge in [0.25, 0.3) is 0 Å². The van der Waals surface area contributed by atoms with Crippen LogP contribution in [-0.2, 0) is 0 Å². The number of hydrogen-bond donors (Lipinski definition) is 1. The molecule has 0 aliphatic heterocycles. The van der Waals surface area contributed by atoms with Crippen LogP contribution in [0.1, 0.15) is 27.1 Å². The SMILES string of the molecule is Cc1nc(C(CN)c2ccc(Br)cc2)sc1C. The van der Waals surface area contributed by atoms with Gasteiger partial charge in [-0.15, -0.1) is 11.3 Å². The molecule has 0 fully saturated rings. The Morgan fingerprint density at radius 3 is 2.41 bits per heavy atom. The van der Waals surface area contributed by atoms with Crippen molar-refractivity contribution >= 4 is 27.3 Å². The van der Waals surface area contributed by atoms with Crippen molar-refractivity contribution in [1.82, 2.24) is 4.98 Å². The van der Waals surface area contributed by atoms with Crippen molar-refractivity contribution < 1.29 is 0 Å². The fraction of sp³-hybridized carbons (Fsp3) is 0.308. The third-order valence-corrected chi connectivity index (χ3v) is 4.57. The van der Waals surface area contributed by atoms with Crippen molar-refractivity contribution in [2.24, 2.45) is 5.73 Å². The summed E-state index contributed by atoms with van der Waals surface area (Å²) in [5.74, 6) is 0.209. The lowest BCUT2D eigenvalue weighted by atomic mass is 10.0. The molecular weight excluding hydrogens is 296 g/mol. The van der Waals surface area contributed by atoms with Gasteiger partial charge < -0.3 is 5.73 Å². The molecule has 0 radical (unpaired) electrons. The van der Waals surface area contributed by atoms with Crippen molar-refractivity contribution in [2.75, 3.05) is 6.54 Å². The summed E-state index contributed by atoms with van der Waals surface area (Å²) in [7, 11) is 0. The first-order chi connectivity index (χ1) is 8.11. The molecule has 2 rings (SSSR count). The summed E-state index contributed by atoms with van der Waals surface area (Å²) in [5.41, 5.74) is 8.23. The summed E-state index contributed by atoms with van der Waals surface area (Å²) < 4.78 is 1.09. The van der Waals surface area contributed by atoms with E-state index in [1.165, 1.54) is 10.4 Å². The Bertz CT molecular complexity index is 485. The van der Waals surface area contributed by atoms with Crippen LogP contribution in [0, 0.1) is 13.8 Å². The van der Waals surface area contributed by atoms with Gasteiger partial charge in [0.2, 0.25) is 0 Å². The number of halogens is 1. The maximum atomic E-state index is 5.89. The Morgan fingerprint density at radius 1 is 1.29 bits per heavy atom. The summed E-state index contributed by atoms with van der Waals surface area (Å²) in [6.07, 6.45) is 0. The van der Waals surface area contributed by atoms with E-state index in [0.29, 0.717) is 6.54 Å². The molecule has 0 saturated heterocycles. The summed E-state index contributed by atoms with van der Waals surface area (Å²) in [6.45, 7) is 4.74. The molecular formula is C13H15BrN2S. The maximum absolute atomic E-state index is 5.89. The van der Waals surface area contributed by atoms with E-state index < -0.39 is 0 Å². The highest BCUT2D eigenvalue weighted by Gasteiger charge is 2.17. The van der Waals surface area contributed by atoms with Crippen molar-refractivity contribution in [3.63, 3.8) is 0 Å². The van der Waals surface area contributed by atoms with Crippen LogP contribution in [0.25, 0.3) is 0 Å². The number of rotatable bonds is 3. The monoisotopic (exact) mass is 310 g/mol. The van der Waals surface area contributed by atoms with Crippen molar-refractivity contribution in [3.05, 3.63) is 49.9 Å². The number of aromatic nitrogens is 1. The van der Waals surface area contributed by atoms with E-state index in [-0.39, 0.29) is 5.92 Å². The van der Waals surface area contributed by atoms with Gasteiger partial charge in [0.1, 0.15) is 5.01 Å². The molecule has 0 amide bonds. The number of nitrogens with two attached hydrogens (primary N) is 1. The van der Waals surface area contributed by atoms with Crippen LogP contribution < -0.4 is 5.73 Å². The van der Waals surface area contributed by atoms with Gasteiger partial charge in [-0.25, -0.2) is 4.98 Å². The minimum atomic E-state index is 0.209. The first kappa shape index (κ1) is 12.7. The molecule has 2 aromatic rings. The number of thiazole rings is 1. The Hall–Kier alpha value is -0.710. The number of benzene rings is 1. The van der Waals surface area contributed by atoms with Crippen LogP contribution in [-0.4, -0.2) is 11.5 Å². The highest BCUT2D eigenvalue weighted by atomic mass is 79.9. The molecule has 2 nitrogen and oxygen atoms in total. The van der Waals surface area contributed by atoms with Gasteiger partial charge in [-0.3, -0.25) is 0 Å². The van der Waals surface area contributed by atoms with Crippen LogP contribution >= 0.6 is 27.3 Å². The minimum Gasteiger partial charge on any atom is -0.329 e. The fourth-order valence-electron chi connectivity index (χ4n) is 1.72. The van der Waals surface area contributed by atoms with E-state index in [4.69, 9.17) is 5.73 Å². The first-order valence-electron chi connectivity index (χ1n) is 5.51. The second-order valence-corrected chi connectivity index (χ2v) is 6.18. The van der Waals surface area contributed by atoms with Gasteiger partial charge in [0.15, 0.2) is 0 Å². The largest absolute Gasteiger partial charge is 0.329 e. The van der Waals surface area contributed by atoms with Crippen molar-refractivity contribution in [2.45, 2.75) is 19.8 Å². The summed E-state index contributed by atoms with van der Waals surface area (Å²) in [4.78, 5) is 5.88. The van der Waals surface area contributed by atoms with E-state index in [0.717, 1.165) is 15.2 Å². The van der Waals surface area contributed by atoms with Crippen LogP contribution in [0.3, 0.4) is 0 Å². The number of nitrogens with zero attached hydrogens (tertiary/aromatic N) is 1. The van der Waals surface area contributed by atoms with E-state index in [1.807, 2.05) is 19.1 Å². The fourth-order valence-corrected chi connectivity index (χ4v) is 3.05. The average Bonchev–Trinajstić information content (AvgIpc) is 2.63. The lowest BCUT2D eigenvalue weighted by Gasteiger charge is -2.12. The predicted molar refractivity (Wildman–Crippen MR) is 76.6 cm³/mol. The van der Waals surface area contributed by atoms with Crippen LogP contribution in [0.4, 0.5) is 0 Å². The van der Waals surface area contributed by atoms with Gasteiger partial charge >= 0.3 is 0 Å². The van der Waals surface area contributed by atoms with Gasteiger partial charge in [-0.2, -0.15) is 0 Å². The molecule has 0 saturated carbocycles. The quantitative estimate of drug-likeness (QED) is 0.940. The smallest absolute Gasteiger partial charge is 0.102 e. The normalized spacial score (nSPS) is 12.7. The second kappa shape index (κ2) is 5.29. The third-order valence-electron chi connectivity index (χ3n) is 2.85. The molecule has 0 spiro atoms. The molecule has 0 aliphatic carbocycles. The first-order valence-corrected chi connectivity index (χ1v) is 7.12. The van der Waals surface area contributed by atoms with Crippen LogP contribution in [0.15, 0.2) is 28.7 Å². The summed E-state index contributed by atoms with van der Waals surface area (Å²) in [5, 5.41) is 1.12. The Kier molecular flexibility index (Phi) is 3.97. The Labute approximate surface area is 114 Å². The topological polar surface area (TPSA) is 38.9 Å². The highest BCUT2D eigenvalue weighted by molar-refractivity contribution is 9.10. The van der Waals surface area contributed by atoms with Crippen molar-refractivity contribution in [1.29, 1.82) is 0 Å². The zero-order valence-electron chi connectivity index (χ0n) is 9.90. The van der Waals surface area contributed by atoms with Gasteiger partial charge in [0.05, 0.1) is 5.69 Å². The summed E-state index contributed by atoms with van der Waals surface area (Å²) in [6, 6.07) is 8.30. The molecule has 1 aromatic heterocycles. The molecule has 1 atom stereocenters. The lowest BCUT2D eigenvalue weighted by Crippen LogP contribution is -2.13. The van der Waals surface area contributed by atoms with E-state index >= 15 is 0 Å². The number of hydrogen-bond acceptors (Lipinski definition) is 3. The highest BCUT2D eigenvalue weighted by Crippen LogP contribution is 2.29. The molecule has 1 heterocycles. The molecule has 0 bridgehead atoms. The van der Waals surface area contributed by atoms with E-state index in [1.54, 1.807) is 11.3 Å². The average molecular weight is 311 g/mol. The second-order valence-electron chi connectivity index (χ2n) is 4.03. The van der Waals surface area contributed by atoms with E-state index in [9.17, 15) is 0 Å². The molecule has 4 heteroatoms. The van der Waals surface area contributed by atoms with E-state index in [2.05, 4.69) is 40.0 Å². The number of aryl methyl sites for hydroxylation is 2. The standard InChI is InChI=1S/C13H15BrN2S/c1-8-9(2)17-13(16-8)12(7-15)10-3-5-11(14)6-4-10/h3-6,12H,7,15H2,1-2H3. The lowest BCUT2D eigenvalue weighted by molar-refractivity contribution is 0.806. The third kappa shape index (κ3) is 2.76. The molecule has 2 N–H and O–H groups in total. The molecule has 1 aromatic carbocycles. The summed E-state index contributed by atoms with van der Waals surface area (Å²) >= 11 is 5.19. The molecule has 0 aliphatic rings. The Balaban J connectivity index is 2.36. The molecule has 90 valence electrons. The minimum absolute atomic E-state index is 0.209. The predicted octanol–water partition coefficient (Wildman–Crippen LogP) is 3.61. The zero-order valence-corrected chi connectivity index (χ0v) is 12.3. The van der Waals surface area contributed by atoms with Crippen LogP contribution in [0.5, 0.6) is 0 Å². The van der Waals surface area contributed by atoms with Gasteiger partial charge in [0, 0.05) is 21.8 Å².